The monoisotopic (exact) mass is 574 g/mol. The molecule has 2 rings (SSSR count). The molecule has 2 aliphatic carbocycles. The van der Waals surface area contributed by atoms with Crippen LogP contribution in [0.1, 0.15) is 92.9 Å². The summed E-state index contributed by atoms with van der Waals surface area (Å²) >= 11 is 0. The average molecular weight is 574 g/mol. The largest absolute Gasteiger partial charge is 2.00 e. The number of aliphatic carboxylic acids is 2. The standard InChI is InChI=1S/2C11H20O2.Pb/c2*1-11(2,3)9-6-4-8(5-7-9)10(12)13;/h2*8-9H,4-7H2,1-3H3,(H,12,13);/q;;+2/p-2. The van der Waals surface area contributed by atoms with Gasteiger partial charge in [0.1, 0.15) is 0 Å². The second-order valence-corrected chi connectivity index (χ2v) is 10.5. The molecule has 4 nitrogen and oxygen atoms in total. The first-order valence-corrected chi connectivity index (χ1v) is 10.2. The molecule has 27 heavy (non-hydrogen) atoms. The van der Waals surface area contributed by atoms with E-state index in [2.05, 4.69) is 41.5 Å². The van der Waals surface area contributed by atoms with E-state index in [1.807, 2.05) is 0 Å². The molecule has 154 valence electrons. The van der Waals surface area contributed by atoms with Gasteiger partial charge in [0.25, 0.3) is 0 Å². The van der Waals surface area contributed by atoms with Gasteiger partial charge in [0.2, 0.25) is 0 Å². The molecule has 0 unspecified atom stereocenters. The Hall–Kier alpha value is -0.138. The zero-order chi connectivity index (χ0) is 20.1. The van der Waals surface area contributed by atoms with Gasteiger partial charge in [-0.05, 0) is 85.9 Å². The molecule has 0 atom stereocenters. The third-order valence-corrected chi connectivity index (χ3v) is 6.57. The summed E-state index contributed by atoms with van der Waals surface area (Å²) in [6, 6.07) is 0. The van der Waals surface area contributed by atoms with Crippen molar-refractivity contribution in [2.75, 3.05) is 0 Å². The summed E-state index contributed by atoms with van der Waals surface area (Å²) in [5.41, 5.74) is 0.661. The Bertz CT molecular complexity index is 416. The summed E-state index contributed by atoms with van der Waals surface area (Å²) in [7, 11) is 0. The Labute approximate surface area is 186 Å². The van der Waals surface area contributed by atoms with Gasteiger partial charge < -0.3 is 19.8 Å². The summed E-state index contributed by atoms with van der Waals surface area (Å²) in [6.45, 7) is 13.4. The summed E-state index contributed by atoms with van der Waals surface area (Å²) in [4.78, 5) is 21.2. The molecule has 2 fully saturated rings. The van der Waals surface area contributed by atoms with E-state index in [-0.39, 0.29) is 39.1 Å². The van der Waals surface area contributed by atoms with E-state index < -0.39 is 11.9 Å². The maximum Gasteiger partial charge on any atom is 2.00 e. The van der Waals surface area contributed by atoms with Gasteiger partial charge in [-0.1, -0.05) is 41.5 Å². The fourth-order valence-electron chi connectivity index (χ4n) is 4.39. The molecule has 0 aromatic rings. The second kappa shape index (κ2) is 11.2. The quantitative estimate of drug-likeness (QED) is 0.476. The minimum absolute atomic E-state index is 0. The molecule has 0 N–H and O–H groups in total. The predicted octanol–water partition coefficient (Wildman–Crippen LogP) is 2.80. The van der Waals surface area contributed by atoms with Crippen LogP contribution in [0.4, 0.5) is 0 Å². The van der Waals surface area contributed by atoms with Crippen LogP contribution in [0.3, 0.4) is 0 Å². The number of hydrogen-bond acceptors (Lipinski definition) is 4. The van der Waals surface area contributed by atoms with Gasteiger partial charge in [0, 0.05) is 11.9 Å². The van der Waals surface area contributed by atoms with Crippen LogP contribution in [0, 0.1) is 34.5 Å². The first-order chi connectivity index (χ1) is 11.8. The minimum Gasteiger partial charge on any atom is -0.550 e. The topological polar surface area (TPSA) is 80.3 Å². The Balaban J connectivity index is 0.000000483. The zero-order valence-electron chi connectivity index (χ0n) is 18.1. The number of rotatable bonds is 2. The number of carbonyl (C=O) groups is 2. The van der Waals surface area contributed by atoms with Crippen molar-refractivity contribution >= 4 is 39.2 Å². The molecule has 5 heteroatoms. The minimum atomic E-state index is -0.854. The first kappa shape index (κ1) is 26.9. The van der Waals surface area contributed by atoms with Crippen LogP contribution >= 0.6 is 0 Å². The Morgan fingerprint density at radius 1 is 0.593 bits per heavy atom. The average Bonchev–Trinajstić information content (AvgIpc) is 2.54. The first-order valence-electron chi connectivity index (χ1n) is 10.2. The molecule has 2 radical (unpaired) electrons. The van der Waals surface area contributed by atoms with E-state index in [1.54, 1.807) is 0 Å². The van der Waals surface area contributed by atoms with Crippen LogP contribution in [0.2, 0.25) is 0 Å². The molecule has 0 bridgehead atoms. The van der Waals surface area contributed by atoms with Gasteiger partial charge in [-0.15, -0.1) is 0 Å². The van der Waals surface area contributed by atoms with Crippen molar-refractivity contribution in [1.82, 2.24) is 0 Å². The molecule has 2 aliphatic rings. The van der Waals surface area contributed by atoms with Crippen LogP contribution < -0.4 is 10.2 Å². The Morgan fingerprint density at radius 3 is 0.963 bits per heavy atom. The van der Waals surface area contributed by atoms with Crippen molar-refractivity contribution in [3.8, 4) is 0 Å². The van der Waals surface area contributed by atoms with Crippen molar-refractivity contribution in [1.29, 1.82) is 0 Å². The maximum absolute atomic E-state index is 10.6. The van der Waals surface area contributed by atoms with Crippen LogP contribution in [-0.2, 0) is 9.59 Å². The van der Waals surface area contributed by atoms with Crippen molar-refractivity contribution in [3.05, 3.63) is 0 Å². The van der Waals surface area contributed by atoms with Crippen LogP contribution in [0.15, 0.2) is 0 Å². The molecule has 0 heterocycles. The molecule has 0 spiro atoms. The number of carboxylic acids is 2. The molecule has 0 saturated heterocycles. The van der Waals surface area contributed by atoms with Crippen molar-refractivity contribution in [2.24, 2.45) is 34.5 Å². The molecule has 0 aliphatic heterocycles. The second-order valence-electron chi connectivity index (χ2n) is 10.5. The fraction of sp³-hybridized carbons (Fsp3) is 0.909. The van der Waals surface area contributed by atoms with Gasteiger partial charge in [-0.25, -0.2) is 0 Å². The van der Waals surface area contributed by atoms with Crippen molar-refractivity contribution in [2.45, 2.75) is 92.9 Å². The third kappa shape index (κ3) is 9.27. The van der Waals surface area contributed by atoms with Crippen LogP contribution in [0.5, 0.6) is 0 Å². The third-order valence-electron chi connectivity index (χ3n) is 6.57. The zero-order valence-corrected chi connectivity index (χ0v) is 22.0. The summed E-state index contributed by atoms with van der Waals surface area (Å²) < 4.78 is 0. The van der Waals surface area contributed by atoms with Gasteiger partial charge >= 0.3 is 27.3 Å². The van der Waals surface area contributed by atoms with Crippen molar-refractivity contribution in [3.63, 3.8) is 0 Å². The normalized spacial score (nSPS) is 29.0. The van der Waals surface area contributed by atoms with E-state index in [1.165, 1.54) is 0 Å². The molecular formula is C22H38O4Pb. The summed E-state index contributed by atoms with van der Waals surface area (Å²) in [6.07, 6.45) is 7.41. The van der Waals surface area contributed by atoms with Gasteiger partial charge in [0.15, 0.2) is 0 Å². The van der Waals surface area contributed by atoms with Gasteiger partial charge in [-0.3, -0.25) is 0 Å². The number of carbonyl (C=O) groups excluding carboxylic acids is 2. The summed E-state index contributed by atoms with van der Waals surface area (Å²) in [5.74, 6) is -0.705. The van der Waals surface area contributed by atoms with E-state index in [0.29, 0.717) is 22.7 Å². The number of carboxylic acid groups (broad SMARTS) is 2. The predicted molar refractivity (Wildman–Crippen MR) is 106 cm³/mol. The van der Waals surface area contributed by atoms with E-state index in [9.17, 15) is 19.8 Å². The molecule has 0 amide bonds. The van der Waals surface area contributed by atoms with E-state index in [4.69, 9.17) is 0 Å². The Kier molecular flexibility index (Phi) is 11.1. The van der Waals surface area contributed by atoms with Crippen molar-refractivity contribution < 1.29 is 19.8 Å². The SMILES string of the molecule is CC(C)(C)C1CCC(C(=O)[O-])CC1.CC(C)(C)C1CCC(C(=O)[O-])CC1.[Pb+2]. The van der Waals surface area contributed by atoms with E-state index >= 15 is 0 Å². The summed E-state index contributed by atoms with van der Waals surface area (Å²) in [5, 5.41) is 21.2. The van der Waals surface area contributed by atoms with Crippen LogP contribution in [-0.4, -0.2) is 39.2 Å². The van der Waals surface area contributed by atoms with Gasteiger partial charge in [0.05, 0.1) is 0 Å². The van der Waals surface area contributed by atoms with Gasteiger partial charge in [-0.2, -0.15) is 0 Å². The molecule has 0 aromatic carbocycles. The fourth-order valence-corrected chi connectivity index (χ4v) is 4.39. The molecular weight excluding hydrogens is 535 g/mol. The van der Waals surface area contributed by atoms with Crippen LogP contribution in [0.25, 0.3) is 0 Å². The maximum atomic E-state index is 10.6. The molecule has 2 saturated carbocycles. The van der Waals surface area contributed by atoms with E-state index in [0.717, 1.165) is 51.4 Å². The smallest absolute Gasteiger partial charge is 0.550 e. The number of hydrogen-bond donors (Lipinski definition) is 0. The Morgan fingerprint density at radius 2 is 0.815 bits per heavy atom. The molecule has 0 aromatic heterocycles.